The van der Waals surface area contributed by atoms with Crippen LogP contribution in [0.5, 0.6) is 0 Å². The van der Waals surface area contributed by atoms with Crippen LogP contribution in [0.2, 0.25) is 0 Å². The molecule has 4 nitrogen and oxygen atoms in total. The molecular weight excluding hydrogens is 250 g/mol. The molecule has 1 aromatic heterocycles. The second-order valence-corrected chi connectivity index (χ2v) is 6.12. The lowest BCUT2D eigenvalue weighted by Crippen LogP contribution is -2.37. The third kappa shape index (κ3) is 2.85. The van der Waals surface area contributed by atoms with Crippen molar-refractivity contribution in [1.29, 1.82) is 0 Å². The maximum Gasteiger partial charge on any atom is 0.253 e. The van der Waals surface area contributed by atoms with Crippen molar-refractivity contribution < 1.29 is 4.79 Å². The van der Waals surface area contributed by atoms with Crippen molar-refractivity contribution in [1.82, 2.24) is 15.2 Å². The normalized spacial score (nSPS) is 20.4. The predicted octanol–water partition coefficient (Wildman–Crippen LogP) is 2.13. The van der Waals surface area contributed by atoms with E-state index in [1.54, 1.807) is 6.20 Å². The lowest BCUT2D eigenvalue weighted by Gasteiger charge is -2.27. The number of carbonyl (C=O) groups excluding carboxylic acids is 1. The number of rotatable bonds is 2. The molecule has 108 valence electrons. The molecule has 0 bridgehead atoms. The third-order valence-corrected chi connectivity index (χ3v) is 4.52. The van der Waals surface area contributed by atoms with Crippen LogP contribution in [-0.2, 0) is 13.0 Å². The first kappa shape index (κ1) is 13.6. The van der Waals surface area contributed by atoms with Gasteiger partial charge in [0, 0.05) is 31.5 Å². The van der Waals surface area contributed by atoms with E-state index in [4.69, 9.17) is 0 Å². The molecule has 2 heterocycles. The summed E-state index contributed by atoms with van der Waals surface area (Å²) in [6.45, 7) is 1.91. The molecule has 0 unspecified atom stereocenters. The summed E-state index contributed by atoms with van der Waals surface area (Å²) in [6.07, 6.45) is 10.6. The fourth-order valence-corrected chi connectivity index (χ4v) is 3.34. The summed E-state index contributed by atoms with van der Waals surface area (Å²) >= 11 is 0. The van der Waals surface area contributed by atoms with E-state index in [0.29, 0.717) is 6.04 Å². The first-order valence-electron chi connectivity index (χ1n) is 7.69. The molecule has 1 saturated carbocycles. The van der Waals surface area contributed by atoms with Crippen LogP contribution in [0.4, 0.5) is 0 Å². The quantitative estimate of drug-likeness (QED) is 0.898. The number of hydrogen-bond donors (Lipinski definition) is 1. The van der Waals surface area contributed by atoms with Crippen molar-refractivity contribution in [2.24, 2.45) is 0 Å². The number of aromatic nitrogens is 1. The fraction of sp³-hybridized carbons (Fsp3) is 0.625. The minimum Gasteiger partial charge on any atom is -0.349 e. The minimum atomic E-state index is 0.0748. The fourth-order valence-electron chi connectivity index (χ4n) is 3.34. The van der Waals surface area contributed by atoms with Crippen molar-refractivity contribution in [2.45, 2.75) is 51.1 Å². The van der Waals surface area contributed by atoms with Crippen molar-refractivity contribution >= 4 is 5.91 Å². The zero-order valence-corrected chi connectivity index (χ0v) is 12.2. The van der Waals surface area contributed by atoms with Gasteiger partial charge in [0.1, 0.15) is 0 Å². The number of hydrogen-bond acceptors (Lipinski definition) is 3. The molecule has 1 amide bonds. The molecule has 0 radical (unpaired) electrons. The van der Waals surface area contributed by atoms with E-state index in [-0.39, 0.29) is 5.91 Å². The maximum atomic E-state index is 12.5. The Morgan fingerprint density at radius 1 is 1.30 bits per heavy atom. The monoisotopic (exact) mass is 273 g/mol. The van der Waals surface area contributed by atoms with E-state index in [0.717, 1.165) is 37.9 Å². The smallest absolute Gasteiger partial charge is 0.253 e. The Balaban J connectivity index is 1.76. The van der Waals surface area contributed by atoms with Crippen LogP contribution in [0, 0.1) is 0 Å². The van der Waals surface area contributed by atoms with Crippen LogP contribution in [0.1, 0.15) is 53.6 Å². The zero-order chi connectivity index (χ0) is 13.9. The Bertz CT molecular complexity index is 494. The minimum absolute atomic E-state index is 0.0748. The number of pyridine rings is 1. The summed E-state index contributed by atoms with van der Waals surface area (Å²) in [4.78, 5) is 19.0. The second-order valence-electron chi connectivity index (χ2n) is 6.12. The predicted molar refractivity (Wildman–Crippen MR) is 78.6 cm³/mol. The summed E-state index contributed by atoms with van der Waals surface area (Å²) < 4.78 is 0. The van der Waals surface area contributed by atoms with Crippen LogP contribution < -0.4 is 5.32 Å². The lowest BCUT2D eigenvalue weighted by molar-refractivity contribution is 0.0925. The van der Waals surface area contributed by atoms with E-state index in [9.17, 15) is 4.79 Å². The first-order valence-corrected chi connectivity index (χ1v) is 7.69. The molecule has 1 N–H and O–H groups in total. The highest BCUT2D eigenvalue weighted by Crippen LogP contribution is 2.22. The Labute approximate surface area is 120 Å². The standard InChI is InChI=1S/C16H23N3O/c1-19-8-7-14-12(11-19)9-17-10-15(14)16(20)18-13-5-3-2-4-6-13/h9-10,13H,2-8,11H2,1H3,(H,18,20). The SMILES string of the molecule is CN1CCc2c(cncc2C(=O)NC2CCCCC2)C1. The Kier molecular flexibility index (Phi) is 4.01. The van der Waals surface area contributed by atoms with Gasteiger partial charge in [-0.15, -0.1) is 0 Å². The average Bonchev–Trinajstić information content (AvgIpc) is 2.47. The largest absolute Gasteiger partial charge is 0.349 e. The van der Waals surface area contributed by atoms with Gasteiger partial charge in [-0.2, -0.15) is 0 Å². The van der Waals surface area contributed by atoms with E-state index in [2.05, 4.69) is 22.2 Å². The number of amides is 1. The number of nitrogens with zero attached hydrogens (tertiary/aromatic N) is 2. The molecule has 4 heteroatoms. The van der Waals surface area contributed by atoms with E-state index in [1.165, 1.54) is 30.4 Å². The molecule has 1 aromatic rings. The molecular formula is C16H23N3O. The van der Waals surface area contributed by atoms with Gasteiger partial charge in [-0.1, -0.05) is 19.3 Å². The Morgan fingerprint density at radius 3 is 2.90 bits per heavy atom. The van der Waals surface area contributed by atoms with Crippen molar-refractivity contribution in [2.75, 3.05) is 13.6 Å². The van der Waals surface area contributed by atoms with Crippen molar-refractivity contribution in [3.8, 4) is 0 Å². The summed E-state index contributed by atoms with van der Waals surface area (Å²) in [6, 6.07) is 0.360. The summed E-state index contributed by atoms with van der Waals surface area (Å²) in [5.41, 5.74) is 3.20. The van der Waals surface area contributed by atoms with Gasteiger partial charge in [-0.25, -0.2) is 0 Å². The highest BCUT2D eigenvalue weighted by atomic mass is 16.1. The maximum absolute atomic E-state index is 12.5. The molecule has 2 aliphatic rings. The Hall–Kier alpha value is -1.42. The van der Waals surface area contributed by atoms with Crippen molar-refractivity contribution in [3.05, 3.63) is 29.1 Å². The van der Waals surface area contributed by atoms with Crippen molar-refractivity contribution in [3.63, 3.8) is 0 Å². The highest BCUT2D eigenvalue weighted by Gasteiger charge is 2.22. The molecule has 0 saturated heterocycles. The van der Waals surface area contributed by atoms with Gasteiger partial charge < -0.3 is 10.2 Å². The first-order chi connectivity index (χ1) is 9.74. The number of fused-ring (bicyclic) bond motifs is 1. The van der Waals surface area contributed by atoms with Crippen LogP contribution in [-0.4, -0.2) is 35.4 Å². The molecule has 0 atom stereocenters. The average molecular weight is 273 g/mol. The zero-order valence-electron chi connectivity index (χ0n) is 12.2. The molecule has 0 aromatic carbocycles. The third-order valence-electron chi connectivity index (χ3n) is 4.52. The van der Waals surface area contributed by atoms with Gasteiger partial charge >= 0.3 is 0 Å². The molecule has 1 fully saturated rings. The van der Waals surface area contributed by atoms with Gasteiger partial charge in [-0.05, 0) is 37.4 Å². The van der Waals surface area contributed by atoms with Crippen LogP contribution in [0.15, 0.2) is 12.4 Å². The van der Waals surface area contributed by atoms with E-state index < -0.39 is 0 Å². The Morgan fingerprint density at radius 2 is 2.10 bits per heavy atom. The van der Waals surface area contributed by atoms with Gasteiger partial charge in [0.05, 0.1) is 5.56 Å². The summed E-state index contributed by atoms with van der Waals surface area (Å²) in [5.74, 6) is 0.0748. The summed E-state index contributed by atoms with van der Waals surface area (Å²) in [5, 5.41) is 3.20. The molecule has 1 aliphatic heterocycles. The topological polar surface area (TPSA) is 45.2 Å². The molecule has 0 spiro atoms. The second kappa shape index (κ2) is 5.92. The highest BCUT2D eigenvalue weighted by molar-refractivity contribution is 5.96. The lowest BCUT2D eigenvalue weighted by atomic mass is 9.94. The van der Waals surface area contributed by atoms with Crippen LogP contribution in [0.25, 0.3) is 0 Å². The number of likely N-dealkylation sites (N-methyl/N-ethyl adjacent to an activating group) is 1. The van der Waals surface area contributed by atoms with Gasteiger partial charge in [0.2, 0.25) is 0 Å². The van der Waals surface area contributed by atoms with Gasteiger partial charge in [-0.3, -0.25) is 9.78 Å². The van der Waals surface area contributed by atoms with E-state index in [1.807, 2.05) is 6.20 Å². The van der Waals surface area contributed by atoms with Crippen LogP contribution in [0.3, 0.4) is 0 Å². The van der Waals surface area contributed by atoms with Crippen LogP contribution >= 0.6 is 0 Å². The van der Waals surface area contributed by atoms with E-state index >= 15 is 0 Å². The van der Waals surface area contributed by atoms with Gasteiger partial charge in [0.15, 0.2) is 0 Å². The molecule has 1 aliphatic carbocycles. The molecule has 3 rings (SSSR count). The van der Waals surface area contributed by atoms with Gasteiger partial charge in [0.25, 0.3) is 5.91 Å². The summed E-state index contributed by atoms with van der Waals surface area (Å²) in [7, 11) is 2.11. The number of nitrogens with one attached hydrogen (secondary N) is 1. The number of carbonyl (C=O) groups is 1. The molecule has 20 heavy (non-hydrogen) atoms.